The second kappa shape index (κ2) is 9.71. The largest absolute Gasteiger partial charge is 0.364 e. The van der Waals surface area contributed by atoms with Gasteiger partial charge in [0.2, 0.25) is 16.0 Å². The molecular weight excluding hydrogens is 432 g/mol. The molecular formula is C25H36N6OS. The summed E-state index contributed by atoms with van der Waals surface area (Å²) < 4.78 is 1.88. The molecule has 2 N–H and O–H groups in total. The SMILES string of the molecule is Cc1ccc(-c2nc3sc(N(C)CC(=O)NC4CCCCCC4)nn3c2NC(C)(C)C)cc1. The molecule has 1 saturated carbocycles. The standard InChI is InChI=1S/C25H36N6OS/c1-17-12-14-18(15-13-17)21-22(28-25(2,3)4)31-23(27-21)33-24(29-31)30(5)16-20(32)26-19-10-8-6-7-9-11-19/h12-15,19,28H,6-11,16H2,1-5H3,(H,26,32). The van der Waals surface area contributed by atoms with Crippen molar-refractivity contribution < 1.29 is 4.79 Å². The highest BCUT2D eigenvalue weighted by Gasteiger charge is 2.24. The molecule has 0 radical (unpaired) electrons. The van der Waals surface area contributed by atoms with Gasteiger partial charge in [-0.05, 0) is 40.5 Å². The van der Waals surface area contributed by atoms with Crippen molar-refractivity contribution in [2.24, 2.45) is 0 Å². The van der Waals surface area contributed by atoms with Gasteiger partial charge < -0.3 is 15.5 Å². The lowest BCUT2D eigenvalue weighted by Crippen LogP contribution is -2.41. The molecule has 0 spiro atoms. The fourth-order valence-corrected chi connectivity index (χ4v) is 5.11. The predicted molar refractivity (Wildman–Crippen MR) is 137 cm³/mol. The summed E-state index contributed by atoms with van der Waals surface area (Å²) >= 11 is 1.50. The quantitative estimate of drug-likeness (QED) is 0.483. The number of aromatic nitrogens is 3. The van der Waals surface area contributed by atoms with Crippen molar-refractivity contribution in [3.63, 3.8) is 0 Å². The van der Waals surface area contributed by atoms with Gasteiger partial charge in [-0.15, -0.1) is 5.10 Å². The molecule has 2 aromatic heterocycles. The Morgan fingerprint density at radius 2 is 1.82 bits per heavy atom. The predicted octanol–water partition coefficient (Wildman–Crippen LogP) is 5.25. The highest BCUT2D eigenvalue weighted by Crippen LogP contribution is 2.34. The molecule has 4 rings (SSSR count). The Bertz CT molecular complexity index is 1090. The molecule has 1 amide bonds. The van der Waals surface area contributed by atoms with Crippen LogP contribution >= 0.6 is 11.3 Å². The van der Waals surface area contributed by atoms with E-state index in [4.69, 9.17) is 10.1 Å². The summed E-state index contributed by atoms with van der Waals surface area (Å²) in [5.74, 6) is 0.936. The molecule has 1 aromatic carbocycles. The molecule has 0 atom stereocenters. The van der Waals surface area contributed by atoms with E-state index in [9.17, 15) is 4.79 Å². The van der Waals surface area contributed by atoms with E-state index in [2.05, 4.69) is 62.6 Å². The summed E-state index contributed by atoms with van der Waals surface area (Å²) in [4.78, 5) is 20.3. The minimum Gasteiger partial charge on any atom is -0.364 e. The average molecular weight is 469 g/mol. The second-order valence-corrected chi connectivity index (χ2v) is 11.2. The van der Waals surface area contributed by atoms with E-state index in [1.54, 1.807) is 0 Å². The van der Waals surface area contributed by atoms with E-state index in [0.29, 0.717) is 12.6 Å². The normalized spacial score (nSPS) is 15.4. The van der Waals surface area contributed by atoms with Crippen molar-refractivity contribution in [1.29, 1.82) is 0 Å². The van der Waals surface area contributed by atoms with Crippen LogP contribution in [-0.4, -0.2) is 45.7 Å². The number of nitrogens with one attached hydrogen (secondary N) is 2. The van der Waals surface area contributed by atoms with E-state index in [1.165, 1.54) is 42.6 Å². The Balaban J connectivity index is 1.55. The van der Waals surface area contributed by atoms with Gasteiger partial charge in [-0.2, -0.15) is 4.52 Å². The van der Waals surface area contributed by atoms with Gasteiger partial charge >= 0.3 is 0 Å². The van der Waals surface area contributed by atoms with E-state index in [-0.39, 0.29) is 11.4 Å². The third kappa shape index (κ3) is 5.85. The van der Waals surface area contributed by atoms with Crippen LogP contribution in [0.2, 0.25) is 0 Å². The topological polar surface area (TPSA) is 74.6 Å². The third-order valence-electron chi connectivity index (χ3n) is 5.94. The second-order valence-electron chi connectivity index (χ2n) is 10.2. The first kappa shape index (κ1) is 23.5. The summed E-state index contributed by atoms with van der Waals surface area (Å²) in [6.45, 7) is 8.76. The zero-order valence-corrected chi connectivity index (χ0v) is 21.3. The molecule has 0 bridgehead atoms. The van der Waals surface area contributed by atoms with Crippen molar-refractivity contribution >= 4 is 33.2 Å². The van der Waals surface area contributed by atoms with Gasteiger partial charge in [-0.3, -0.25) is 4.79 Å². The Morgan fingerprint density at radius 3 is 2.45 bits per heavy atom. The number of benzene rings is 1. The molecule has 178 valence electrons. The molecule has 0 saturated heterocycles. The summed E-state index contributed by atoms with van der Waals surface area (Å²) in [6.07, 6.45) is 7.14. The van der Waals surface area contributed by atoms with Crippen LogP contribution in [0, 0.1) is 6.92 Å². The Kier molecular flexibility index (Phi) is 6.93. The lowest BCUT2D eigenvalue weighted by atomic mass is 10.1. The highest BCUT2D eigenvalue weighted by atomic mass is 32.1. The van der Waals surface area contributed by atoms with Gasteiger partial charge in [0.25, 0.3) is 0 Å². The number of imidazole rings is 1. The number of nitrogens with zero attached hydrogens (tertiary/aromatic N) is 4. The number of hydrogen-bond acceptors (Lipinski definition) is 6. The number of fused-ring (bicyclic) bond motifs is 1. The Morgan fingerprint density at radius 1 is 1.15 bits per heavy atom. The van der Waals surface area contributed by atoms with E-state index in [1.807, 2.05) is 16.5 Å². The maximum atomic E-state index is 12.7. The molecule has 33 heavy (non-hydrogen) atoms. The van der Waals surface area contributed by atoms with Crippen molar-refractivity contribution in [1.82, 2.24) is 19.9 Å². The fourth-order valence-electron chi connectivity index (χ4n) is 4.25. The van der Waals surface area contributed by atoms with Crippen LogP contribution in [0.1, 0.15) is 64.9 Å². The van der Waals surface area contributed by atoms with Crippen molar-refractivity contribution in [3.05, 3.63) is 29.8 Å². The molecule has 0 unspecified atom stereocenters. The minimum absolute atomic E-state index is 0.0608. The van der Waals surface area contributed by atoms with E-state index in [0.717, 1.165) is 40.0 Å². The molecule has 7 nitrogen and oxygen atoms in total. The molecule has 2 heterocycles. The van der Waals surface area contributed by atoms with Crippen molar-refractivity contribution in [2.75, 3.05) is 23.8 Å². The molecule has 8 heteroatoms. The molecule has 1 aliphatic carbocycles. The molecule has 0 aliphatic heterocycles. The smallest absolute Gasteiger partial charge is 0.239 e. The van der Waals surface area contributed by atoms with Gasteiger partial charge in [0.1, 0.15) is 5.69 Å². The van der Waals surface area contributed by atoms with Gasteiger partial charge in [-0.25, -0.2) is 4.98 Å². The first-order valence-electron chi connectivity index (χ1n) is 11.9. The van der Waals surface area contributed by atoms with Crippen LogP contribution in [0.3, 0.4) is 0 Å². The molecule has 3 aromatic rings. The van der Waals surface area contributed by atoms with Crippen LogP contribution in [0.15, 0.2) is 24.3 Å². The lowest BCUT2D eigenvalue weighted by molar-refractivity contribution is -0.120. The maximum absolute atomic E-state index is 12.7. The van der Waals surface area contributed by atoms with E-state index >= 15 is 0 Å². The third-order valence-corrected chi connectivity index (χ3v) is 6.96. The molecule has 1 fully saturated rings. The van der Waals surface area contributed by atoms with Gasteiger partial charge in [0.15, 0.2) is 5.82 Å². The number of likely N-dealkylation sites (N-methyl/N-ethyl adjacent to an activating group) is 1. The van der Waals surface area contributed by atoms with E-state index < -0.39 is 0 Å². The summed E-state index contributed by atoms with van der Waals surface area (Å²) in [5, 5.41) is 12.4. The number of carbonyl (C=O) groups excluding carboxylic acids is 1. The minimum atomic E-state index is -0.149. The van der Waals surface area contributed by atoms with Crippen molar-refractivity contribution in [3.8, 4) is 11.3 Å². The Labute approximate surface area is 200 Å². The average Bonchev–Trinajstić information content (AvgIpc) is 3.18. The number of aryl methyl sites for hydroxylation is 1. The van der Waals surface area contributed by atoms with Crippen LogP contribution in [0.25, 0.3) is 16.2 Å². The van der Waals surface area contributed by atoms with Crippen LogP contribution in [0.5, 0.6) is 0 Å². The zero-order valence-electron chi connectivity index (χ0n) is 20.4. The number of anilines is 2. The number of amides is 1. The van der Waals surface area contributed by atoms with Gasteiger partial charge in [0, 0.05) is 24.2 Å². The summed E-state index contributed by atoms with van der Waals surface area (Å²) in [5.41, 5.74) is 3.02. The first-order valence-corrected chi connectivity index (χ1v) is 12.8. The summed E-state index contributed by atoms with van der Waals surface area (Å²) in [7, 11) is 1.92. The van der Waals surface area contributed by atoms with Gasteiger partial charge in [0.05, 0.1) is 6.54 Å². The first-order chi connectivity index (χ1) is 15.7. The van der Waals surface area contributed by atoms with Gasteiger partial charge in [-0.1, -0.05) is 66.8 Å². The number of carbonyl (C=O) groups is 1. The zero-order chi connectivity index (χ0) is 23.6. The number of hydrogen-bond donors (Lipinski definition) is 2. The maximum Gasteiger partial charge on any atom is 0.239 e. The fraction of sp³-hybridized carbons (Fsp3) is 0.560. The van der Waals surface area contributed by atoms with Crippen LogP contribution in [-0.2, 0) is 4.79 Å². The highest BCUT2D eigenvalue weighted by molar-refractivity contribution is 7.20. The van der Waals surface area contributed by atoms with Crippen LogP contribution in [0.4, 0.5) is 10.9 Å². The lowest BCUT2D eigenvalue weighted by Gasteiger charge is -2.22. The van der Waals surface area contributed by atoms with Crippen molar-refractivity contribution in [2.45, 2.75) is 77.8 Å². The summed E-state index contributed by atoms with van der Waals surface area (Å²) in [6, 6.07) is 8.70. The van der Waals surface area contributed by atoms with Crippen LogP contribution < -0.4 is 15.5 Å². The number of rotatable bonds is 6. The Hall–Kier alpha value is -2.61. The molecule has 1 aliphatic rings. The monoisotopic (exact) mass is 468 g/mol.